The second-order valence-corrected chi connectivity index (χ2v) is 6.86. The van der Waals surface area contributed by atoms with Crippen LogP contribution in [0.1, 0.15) is 55.3 Å². The fourth-order valence-corrected chi connectivity index (χ4v) is 1.69. The fourth-order valence-electron chi connectivity index (χ4n) is 1.69. The van der Waals surface area contributed by atoms with Gasteiger partial charge in [-0.25, -0.2) is 14.4 Å². The van der Waals surface area contributed by atoms with Crippen molar-refractivity contribution in [1.29, 1.82) is 0 Å². The summed E-state index contributed by atoms with van der Waals surface area (Å²) >= 11 is 0. The first-order chi connectivity index (χ1) is 11.2. The predicted molar refractivity (Wildman–Crippen MR) is 83.7 cm³/mol. The van der Waals surface area contributed by atoms with E-state index >= 15 is 0 Å². The monoisotopic (exact) mass is 358 g/mol. The normalized spacial score (nSPS) is 12.4. The summed E-state index contributed by atoms with van der Waals surface area (Å²) in [6.45, 7) is 6.69. The molecule has 0 aliphatic rings. The summed E-state index contributed by atoms with van der Waals surface area (Å²) in [4.78, 5) is 34.5. The lowest BCUT2D eigenvalue weighted by Gasteiger charge is -2.30. The van der Waals surface area contributed by atoms with Gasteiger partial charge >= 0.3 is 23.8 Å². The zero-order valence-electron chi connectivity index (χ0n) is 14.6. The Balaban J connectivity index is 2.91. The van der Waals surface area contributed by atoms with E-state index in [0.717, 1.165) is 13.8 Å². The van der Waals surface area contributed by atoms with Crippen molar-refractivity contribution >= 4 is 17.9 Å². The molecule has 0 aromatic heterocycles. The van der Waals surface area contributed by atoms with Gasteiger partial charge in [-0.15, -0.1) is 0 Å². The van der Waals surface area contributed by atoms with Crippen molar-refractivity contribution < 1.29 is 37.7 Å². The number of rotatable bonds is 5. The first-order valence-corrected chi connectivity index (χ1v) is 7.35. The molecule has 8 heteroatoms. The lowest BCUT2D eigenvalue weighted by atomic mass is 10.00. The summed E-state index contributed by atoms with van der Waals surface area (Å²) in [5.41, 5.74) is -3.19. The van der Waals surface area contributed by atoms with Gasteiger partial charge < -0.3 is 14.6 Å². The molecule has 0 aliphatic carbocycles. The molecule has 0 spiro atoms. The van der Waals surface area contributed by atoms with Gasteiger partial charge in [0.05, 0.1) is 11.1 Å². The van der Waals surface area contributed by atoms with Crippen molar-refractivity contribution in [2.24, 2.45) is 0 Å². The Hall–Kier alpha value is -2.51. The third-order valence-electron chi connectivity index (χ3n) is 3.13. The molecule has 6 nitrogen and oxygen atoms in total. The van der Waals surface area contributed by atoms with Gasteiger partial charge in [0, 0.05) is 0 Å². The molecule has 25 heavy (non-hydrogen) atoms. The molecule has 1 aromatic rings. The Morgan fingerprint density at radius 3 is 1.52 bits per heavy atom. The van der Waals surface area contributed by atoms with Crippen LogP contribution in [0.2, 0.25) is 0 Å². The van der Waals surface area contributed by atoms with Crippen LogP contribution in [0.25, 0.3) is 0 Å². The molecular formula is C17H20F2O6. The maximum atomic E-state index is 13.6. The van der Waals surface area contributed by atoms with Crippen LogP contribution in [0, 0.1) is 0 Å². The van der Waals surface area contributed by atoms with Crippen molar-refractivity contribution in [1.82, 2.24) is 0 Å². The maximum absolute atomic E-state index is 13.6. The van der Waals surface area contributed by atoms with Crippen molar-refractivity contribution in [3.05, 3.63) is 35.4 Å². The summed E-state index contributed by atoms with van der Waals surface area (Å²) in [5, 5.41) is 8.56. The second-order valence-electron chi connectivity index (χ2n) is 6.86. The van der Waals surface area contributed by atoms with Gasteiger partial charge in [0.15, 0.2) is 5.60 Å². The summed E-state index contributed by atoms with van der Waals surface area (Å²) in [6.07, 6.45) is 0. The van der Waals surface area contributed by atoms with E-state index in [1.807, 2.05) is 0 Å². The first-order valence-electron chi connectivity index (χ1n) is 7.35. The lowest BCUT2D eigenvalue weighted by Crippen LogP contribution is -2.51. The fraction of sp³-hybridized carbons (Fsp3) is 0.471. The summed E-state index contributed by atoms with van der Waals surface area (Å²) in [6, 6.07) is 4.98. The number of esters is 2. The smallest absolute Gasteiger partial charge is 0.380 e. The van der Waals surface area contributed by atoms with Crippen LogP contribution in [0.3, 0.4) is 0 Å². The molecule has 0 heterocycles. The topological polar surface area (TPSA) is 89.9 Å². The third-order valence-corrected chi connectivity index (χ3v) is 3.13. The highest BCUT2D eigenvalue weighted by Crippen LogP contribution is 2.32. The van der Waals surface area contributed by atoms with Crippen molar-refractivity contribution in [3.8, 4) is 0 Å². The van der Waals surface area contributed by atoms with Crippen molar-refractivity contribution in [2.45, 2.75) is 51.7 Å². The molecule has 0 saturated heterocycles. The first kappa shape index (κ1) is 20.5. The van der Waals surface area contributed by atoms with Gasteiger partial charge in [-0.2, -0.15) is 8.78 Å². The molecule has 0 fully saturated rings. The van der Waals surface area contributed by atoms with Gasteiger partial charge in [0.25, 0.3) is 0 Å². The van der Waals surface area contributed by atoms with Crippen LogP contribution in [-0.4, -0.2) is 40.1 Å². The van der Waals surface area contributed by atoms with Gasteiger partial charge in [-0.1, -0.05) is 0 Å². The van der Waals surface area contributed by atoms with Gasteiger partial charge in [-0.3, -0.25) is 0 Å². The molecule has 0 unspecified atom stereocenters. The number of hydrogen-bond donors (Lipinski definition) is 1. The molecule has 1 aromatic carbocycles. The summed E-state index contributed by atoms with van der Waals surface area (Å²) < 4.78 is 37.0. The van der Waals surface area contributed by atoms with Crippen molar-refractivity contribution in [3.63, 3.8) is 0 Å². The Kier molecular flexibility index (Phi) is 5.57. The highest BCUT2D eigenvalue weighted by Gasteiger charge is 2.56. The number of alkyl halides is 2. The minimum absolute atomic E-state index is 0.110. The van der Waals surface area contributed by atoms with E-state index in [1.165, 1.54) is 24.3 Å². The molecule has 0 atom stereocenters. The van der Waals surface area contributed by atoms with E-state index in [4.69, 9.17) is 9.84 Å². The molecule has 0 bridgehead atoms. The van der Waals surface area contributed by atoms with Crippen LogP contribution in [0.15, 0.2) is 24.3 Å². The zero-order valence-corrected chi connectivity index (χ0v) is 14.6. The number of ether oxygens (including phenoxy) is 2. The van der Waals surface area contributed by atoms with Gasteiger partial charge in [-0.05, 0) is 58.9 Å². The highest BCUT2D eigenvalue weighted by molar-refractivity contribution is 5.93. The standard InChI is InChI=1S/C17H20F2O6/c1-15(2,3)24-12(20)10-6-8-11(9-7-10)13(21)25-16(4,5)17(18,19)14(22)23/h6-9H,1-5H3,(H,22,23). The molecule has 0 aliphatic heterocycles. The second kappa shape index (κ2) is 6.78. The largest absolute Gasteiger partial charge is 0.477 e. The predicted octanol–water partition coefficient (Wildman–Crippen LogP) is 3.30. The zero-order chi connectivity index (χ0) is 19.6. The Labute approximate surface area is 143 Å². The van der Waals surface area contributed by atoms with Crippen LogP contribution >= 0.6 is 0 Å². The number of aliphatic carboxylic acids is 1. The van der Waals surface area contributed by atoms with Crippen molar-refractivity contribution in [2.75, 3.05) is 0 Å². The minimum Gasteiger partial charge on any atom is -0.477 e. The van der Waals surface area contributed by atoms with Gasteiger partial charge in [0.2, 0.25) is 0 Å². The number of benzene rings is 1. The van der Waals surface area contributed by atoms with Crippen LogP contribution in [0.4, 0.5) is 8.78 Å². The molecule has 1 N–H and O–H groups in total. The molecule has 0 radical (unpaired) electrons. The number of carboxylic acid groups (broad SMARTS) is 1. The third kappa shape index (κ3) is 4.98. The number of hydrogen-bond acceptors (Lipinski definition) is 5. The lowest BCUT2D eigenvalue weighted by molar-refractivity contribution is -0.200. The molecule has 0 saturated carbocycles. The quantitative estimate of drug-likeness (QED) is 0.813. The van der Waals surface area contributed by atoms with E-state index in [2.05, 4.69) is 4.74 Å². The molecule has 1 rings (SSSR count). The van der Waals surface area contributed by atoms with E-state index < -0.39 is 35.0 Å². The van der Waals surface area contributed by atoms with Crippen LogP contribution in [0.5, 0.6) is 0 Å². The number of carbonyl (C=O) groups is 3. The van der Waals surface area contributed by atoms with E-state index in [0.29, 0.717) is 0 Å². The molecule has 0 amide bonds. The highest BCUT2D eigenvalue weighted by atomic mass is 19.3. The maximum Gasteiger partial charge on any atom is 0.380 e. The Morgan fingerprint density at radius 1 is 0.840 bits per heavy atom. The number of halogens is 2. The summed E-state index contributed by atoms with van der Waals surface area (Å²) in [7, 11) is 0. The SMILES string of the molecule is CC(C)(C)OC(=O)c1ccc(C(=O)OC(C)(C)C(F)(F)C(=O)O)cc1. The van der Waals surface area contributed by atoms with E-state index in [9.17, 15) is 23.2 Å². The van der Waals surface area contributed by atoms with E-state index in [1.54, 1.807) is 20.8 Å². The molecule has 138 valence electrons. The van der Waals surface area contributed by atoms with Crippen LogP contribution in [-0.2, 0) is 14.3 Å². The van der Waals surface area contributed by atoms with Crippen LogP contribution < -0.4 is 0 Å². The molecular weight excluding hydrogens is 338 g/mol. The average Bonchev–Trinajstić information content (AvgIpc) is 2.44. The number of carboxylic acids is 1. The Bertz CT molecular complexity index is 671. The van der Waals surface area contributed by atoms with E-state index in [-0.39, 0.29) is 11.1 Å². The number of carbonyl (C=O) groups excluding carboxylic acids is 2. The average molecular weight is 358 g/mol. The Morgan fingerprint density at radius 2 is 1.20 bits per heavy atom. The minimum atomic E-state index is -4.26. The van der Waals surface area contributed by atoms with Gasteiger partial charge in [0.1, 0.15) is 5.60 Å². The summed E-state index contributed by atoms with van der Waals surface area (Å²) in [5.74, 6) is -8.41.